The molecule has 5 heteroatoms. The number of phenols is 1. The minimum atomic E-state index is -1.17. The maximum atomic E-state index is 10.8. The number of aryl methyl sites for hydroxylation is 1. The number of aliphatic carboxylic acids is 1. The lowest BCUT2D eigenvalue weighted by molar-refractivity contribution is -0.137. The zero-order chi connectivity index (χ0) is 12.8. The number of benzene rings is 1. The van der Waals surface area contributed by atoms with Crippen molar-refractivity contribution in [2.75, 3.05) is 0 Å². The van der Waals surface area contributed by atoms with Gasteiger partial charge in [0, 0.05) is 6.42 Å². The second kappa shape index (κ2) is 5.89. The number of carboxylic acids is 2. The molecule has 0 heterocycles. The Balaban J connectivity index is 2.62. The first-order chi connectivity index (χ1) is 8.02. The minimum absolute atomic E-state index is 0.0827. The summed E-state index contributed by atoms with van der Waals surface area (Å²) in [6, 6.07) is 4.54. The van der Waals surface area contributed by atoms with Crippen molar-refractivity contribution in [1.29, 1.82) is 0 Å². The smallest absolute Gasteiger partial charge is 0.339 e. The molecule has 5 nitrogen and oxygen atoms in total. The summed E-state index contributed by atoms with van der Waals surface area (Å²) < 4.78 is 0. The van der Waals surface area contributed by atoms with Crippen molar-refractivity contribution < 1.29 is 24.9 Å². The monoisotopic (exact) mass is 238 g/mol. The third kappa shape index (κ3) is 3.79. The van der Waals surface area contributed by atoms with E-state index in [2.05, 4.69) is 0 Å². The summed E-state index contributed by atoms with van der Waals surface area (Å²) in [7, 11) is 0. The van der Waals surface area contributed by atoms with E-state index in [1.54, 1.807) is 12.1 Å². The van der Waals surface area contributed by atoms with Crippen molar-refractivity contribution >= 4 is 11.9 Å². The Bertz CT molecular complexity index is 425. The van der Waals surface area contributed by atoms with Crippen LogP contribution in [-0.4, -0.2) is 27.3 Å². The summed E-state index contributed by atoms with van der Waals surface area (Å²) in [6.45, 7) is 0. The lowest BCUT2D eigenvalue weighted by Gasteiger charge is -2.06. The van der Waals surface area contributed by atoms with Crippen molar-refractivity contribution in [3.05, 3.63) is 29.3 Å². The molecule has 0 fully saturated rings. The summed E-state index contributed by atoms with van der Waals surface area (Å²) in [4.78, 5) is 21.0. The van der Waals surface area contributed by atoms with Gasteiger partial charge in [-0.2, -0.15) is 0 Å². The van der Waals surface area contributed by atoms with Gasteiger partial charge < -0.3 is 15.3 Å². The van der Waals surface area contributed by atoms with Crippen molar-refractivity contribution in [2.24, 2.45) is 0 Å². The second-order valence-electron chi connectivity index (χ2n) is 3.72. The van der Waals surface area contributed by atoms with Gasteiger partial charge in [-0.25, -0.2) is 4.79 Å². The summed E-state index contributed by atoms with van der Waals surface area (Å²) in [5.41, 5.74) is 0.413. The molecular weight excluding hydrogens is 224 g/mol. The zero-order valence-electron chi connectivity index (χ0n) is 9.22. The average Bonchev–Trinajstić information content (AvgIpc) is 2.25. The Morgan fingerprint density at radius 2 is 1.82 bits per heavy atom. The quantitative estimate of drug-likeness (QED) is 0.658. The molecule has 1 rings (SSSR count). The van der Waals surface area contributed by atoms with Crippen LogP contribution in [0.5, 0.6) is 5.75 Å². The molecule has 92 valence electrons. The number of aromatic hydroxyl groups is 1. The number of carbonyl (C=O) groups is 2. The maximum absolute atomic E-state index is 10.8. The molecule has 0 amide bonds. The van der Waals surface area contributed by atoms with E-state index in [0.29, 0.717) is 24.8 Å². The number of hydrogen-bond acceptors (Lipinski definition) is 3. The van der Waals surface area contributed by atoms with E-state index >= 15 is 0 Å². The van der Waals surface area contributed by atoms with E-state index in [9.17, 15) is 14.7 Å². The second-order valence-corrected chi connectivity index (χ2v) is 3.72. The number of aromatic carboxylic acids is 1. The van der Waals surface area contributed by atoms with Gasteiger partial charge in [0.15, 0.2) is 0 Å². The van der Waals surface area contributed by atoms with E-state index in [4.69, 9.17) is 10.2 Å². The highest BCUT2D eigenvalue weighted by molar-refractivity contribution is 5.91. The molecule has 1 aromatic rings. The Hall–Kier alpha value is -2.04. The molecule has 0 aliphatic heterocycles. The first-order valence-corrected chi connectivity index (χ1v) is 5.28. The third-order valence-corrected chi connectivity index (χ3v) is 2.44. The molecule has 0 saturated carbocycles. The molecule has 17 heavy (non-hydrogen) atoms. The van der Waals surface area contributed by atoms with Crippen LogP contribution in [0.4, 0.5) is 0 Å². The van der Waals surface area contributed by atoms with Crippen LogP contribution in [0.1, 0.15) is 35.2 Å². The van der Waals surface area contributed by atoms with Gasteiger partial charge in [-0.1, -0.05) is 12.1 Å². The largest absolute Gasteiger partial charge is 0.507 e. The molecule has 0 atom stereocenters. The molecule has 0 radical (unpaired) electrons. The molecular formula is C12H14O5. The van der Waals surface area contributed by atoms with Gasteiger partial charge in [-0.15, -0.1) is 0 Å². The molecule has 0 aliphatic rings. The first kappa shape index (κ1) is 13.0. The third-order valence-electron chi connectivity index (χ3n) is 2.44. The molecule has 0 aromatic heterocycles. The predicted molar refractivity (Wildman–Crippen MR) is 60.3 cm³/mol. The molecule has 1 aromatic carbocycles. The molecule has 3 N–H and O–H groups in total. The normalized spacial score (nSPS) is 10.1. The Morgan fingerprint density at radius 1 is 1.12 bits per heavy atom. The summed E-state index contributed by atoms with van der Waals surface area (Å²) >= 11 is 0. The zero-order valence-corrected chi connectivity index (χ0v) is 9.22. The van der Waals surface area contributed by atoms with Gasteiger partial charge in [0.05, 0.1) is 0 Å². The molecule has 0 bridgehead atoms. The van der Waals surface area contributed by atoms with E-state index in [-0.39, 0.29) is 17.7 Å². The minimum Gasteiger partial charge on any atom is -0.507 e. The molecule has 0 unspecified atom stereocenters. The highest BCUT2D eigenvalue weighted by Gasteiger charge is 2.12. The van der Waals surface area contributed by atoms with Gasteiger partial charge >= 0.3 is 11.9 Å². The first-order valence-electron chi connectivity index (χ1n) is 5.28. The van der Waals surface area contributed by atoms with E-state index in [1.807, 2.05) is 0 Å². The number of hydrogen-bond donors (Lipinski definition) is 3. The number of unbranched alkanes of at least 4 members (excludes halogenated alkanes) is 1. The van der Waals surface area contributed by atoms with Gasteiger partial charge in [-0.3, -0.25) is 4.79 Å². The summed E-state index contributed by atoms with van der Waals surface area (Å²) in [5.74, 6) is -2.25. The van der Waals surface area contributed by atoms with Crippen LogP contribution in [-0.2, 0) is 11.2 Å². The van der Waals surface area contributed by atoms with Crippen LogP contribution in [0.2, 0.25) is 0 Å². The standard InChI is InChI=1S/C12H14O5/c13-10(14)7-2-1-4-8-5-3-6-9(11(8)15)12(16)17/h3,5-6,15H,1-2,4,7H2,(H,13,14)(H,16,17). The van der Waals surface area contributed by atoms with Crippen molar-refractivity contribution in [2.45, 2.75) is 25.7 Å². The average molecular weight is 238 g/mol. The van der Waals surface area contributed by atoms with Crippen LogP contribution in [0, 0.1) is 0 Å². The van der Waals surface area contributed by atoms with E-state index in [1.165, 1.54) is 6.07 Å². The lowest BCUT2D eigenvalue weighted by atomic mass is 10.0. The van der Waals surface area contributed by atoms with Crippen LogP contribution < -0.4 is 0 Å². The van der Waals surface area contributed by atoms with Crippen LogP contribution >= 0.6 is 0 Å². The SMILES string of the molecule is O=C(O)CCCCc1cccc(C(=O)O)c1O. The Kier molecular flexibility index (Phi) is 4.51. The maximum Gasteiger partial charge on any atom is 0.339 e. The topological polar surface area (TPSA) is 94.8 Å². The van der Waals surface area contributed by atoms with Crippen LogP contribution in [0.15, 0.2) is 18.2 Å². The van der Waals surface area contributed by atoms with E-state index in [0.717, 1.165) is 0 Å². The van der Waals surface area contributed by atoms with Crippen LogP contribution in [0.3, 0.4) is 0 Å². The van der Waals surface area contributed by atoms with Gasteiger partial charge in [0.2, 0.25) is 0 Å². The van der Waals surface area contributed by atoms with Gasteiger partial charge in [0.25, 0.3) is 0 Å². The van der Waals surface area contributed by atoms with Crippen molar-refractivity contribution in [3.8, 4) is 5.75 Å². The number of carboxylic acid groups (broad SMARTS) is 2. The van der Waals surface area contributed by atoms with Crippen molar-refractivity contribution in [1.82, 2.24) is 0 Å². The highest BCUT2D eigenvalue weighted by Crippen LogP contribution is 2.24. The van der Waals surface area contributed by atoms with Gasteiger partial charge in [-0.05, 0) is 30.9 Å². The van der Waals surface area contributed by atoms with Crippen LogP contribution in [0.25, 0.3) is 0 Å². The summed E-state index contributed by atoms with van der Waals surface area (Å²) in [6.07, 6.45) is 1.66. The Morgan fingerprint density at radius 3 is 2.41 bits per heavy atom. The fraction of sp³-hybridized carbons (Fsp3) is 0.333. The van der Waals surface area contributed by atoms with Gasteiger partial charge in [0.1, 0.15) is 11.3 Å². The summed E-state index contributed by atoms with van der Waals surface area (Å²) in [5, 5.41) is 26.9. The fourth-order valence-corrected chi connectivity index (χ4v) is 1.56. The Labute approximate surface area is 98.3 Å². The highest BCUT2D eigenvalue weighted by atomic mass is 16.4. The molecule has 0 saturated heterocycles. The van der Waals surface area contributed by atoms with Crippen molar-refractivity contribution in [3.63, 3.8) is 0 Å². The molecule has 0 spiro atoms. The number of para-hydroxylation sites is 1. The lowest BCUT2D eigenvalue weighted by Crippen LogP contribution is -1.99. The fourth-order valence-electron chi connectivity index (χ4n) is 1.56. The molecule has 0 aliphatic carbocycles. The number of rotatable bonds is 6. The van der Waals surface area contributed by atoms with E-state index < -0.39 is 11.9 Å². The predicted octanol–water partition coefficient (Wildman–Crippen LogP) is 1.89.